The number of hydrogen-bond donors (Lipinski definition) is 0. The summed E-state index contributed by atoms with van der Waals surface area (Å²) in [4.78, 5) is 35.2. The Morgan fingerprint density at radius 2 is 2.02 bits per heavy atom. The Kier molecular flexibility index (Phi) is 8.30. The van der Waals surface area contributed by atoms with Crippen LogP contribution in [0.3, 0.4) is 0 Å². The van der Waals surface area contributed by atoms with Gasteiger partial charge in [-0.15, -0.1) is 0 Å². The Labute approximate surface area is 265 Å². The first-order valence-corrected chi connectivity index (χ1v) is 16.1. The van der Waals surface area contributed by atoms with E-state index >= 15 is 0 Å². The summed E-state index contributed by atoms with van der Waals surface area (Å²) in [6.45, 7) is 20.2. The molecule has 234 valence electrons. The first-order chi connectivity index (χ1) is 22.0. The van der Waals surface area contributed by atoms with Crippen LogP contribution < -0.4 is 14.5 Å². The number of carbonyl (C=O) groups excluding carboxylic acids is 1. The predicted molar refractivity (Wildman–Crippen MR) is 175 cm³/mol. The largest absolute Gasteiger partial charge is 0.463 e. The SMILES string of the molecule is [C-]#[N+]C[C@H]1CN(c2nc(OCCCN3C[C@@H]4C[C@H]3CO4)nc3c2CCN(c2cccc4cccc(C)c24)C3)CCN1C(=O)C=C. The number of nitrogens with zero attached hydrogens (tertiary/aromatic N) is 7. The van der Waals surface area contributed by atoms with E-state index in [2.05, 4.69) is 69.4 Å². The molecule has 3 saturated heterocycles. The van der Waals surface area contributed by atoms with E-state index < -0.39 is 0 Å². The lowest BCUT2D eigenvalue weighted by Gasteiger charge is -2.41. The number of fused-ring (bicyclic) bond motifs is 4. The van der Waals surface area contributed by atoms with Crippen LogP contribution in [-0.4, -0.2) is 103 Å². The maximum absolute atomic E-state index is 12.6. The number of carbonyl (C=O) groups is 1. The van der Waals surface area contributed by atoms with Crippen LogP contribution in [0.4, 0.5) is 11.5 Å². The third kappa shape index (κ3) is 5.83. The zero-order valence-corrected chi connectivity index (χ0v) is 26.0. The number of aromatic nitrogens is 2. The molecule has 1 aromatic heterocycles. The molecule has 10 nitrogen and oxygen atoms in total. The number of anilines is 2. The summed E-state index contributed by atoms with van der Waals surface area (Å²) in [5.41, 5.74) is 4.59. The molecule has 2 aromatic carbocycles. The molecular formula is C35H41N7O3. The summed E-state index contributed by atoms with van der Waals surface area (Å²) >= 11 is 0. The summed E-state index contributed by atoms with van der Waals surface area (Å²) in [6.07, 6.45) is 4.58. The molecule has 10 heteroatoms. The first kappa shape index (κ1) is 29.5. The highest BCUT2D eigenvalue weighted by atomic mass is 16.5. The Morgan fingerprint density at radius 1 is 1.16 bits per heavy atom. The molecule has 5 heterocycles. The van der Waals surface area contributed by atoms with Gasteiger partial charge in [0, 0.05) is 61.9 Å². The molecule has 0 radical (unpaired) electrons. The minimum Gasteiger partial charge on any atom is -0.463 e. The summed E-state index contributed by atoms with van der Waals surface area (Å²) in [5, 5.41) is 2.52. The summed E-state index contributed by atoms with van der Waals surface area (Å²) in [5.74, 6) is 0.745. The molecule has 3 aromatic rings. The van der Waals surface area contributed by atoms with E-state index in [9.17, 15) is 4.79 Å². The number of benzene rings is 2. The number of likely N-dealkylation sites (tertiary alicyclic amines) is 1. The standard InChI is InChI=1S/C35H41N7O3/c1-4-32(43)42-16-15-41(20-27(42)19-36-3)34-29-12-14-40(31-11-6-10-25-9-5-8-24(2)33(25)31)22-30(29)37-35(38-34)44-17-7-13-39-21-28-18-26(39)23-45-28/h4-6,8-11,26-28H,1,7,12-23H2,2H3/t26-,27-,28-/m0/s1. The lowest BCUT2D eigenvalue weighted by atomic mass is 9.99. The fourth-order valence-corrected chi connectivity index (χ4v) is 7.59. The van der Waals surface area contributed by atoms with Crippen molar-refractivity contribution in [2.75, 3.05) is 68.8 Å². The highest BCUT2D eigenvalue weighted by Crippen LogP contribution is 2.36. The highest BCUT2D eigenvalue weighted by molar-refractivity contribution is 5.97. The summed E-state index contributed by atoms with van der Waals surface area (Å²) in [7, 11) is 0. The second-order valence-corrected chi connectivity index (χ2v) is 12.6. The minimum absolute atomic E-state index is 0.129. The highest BCUT2D eigenvalue weighted by Gasteiger charge is 2.38. The van der Waals surface area contributed by atoms with E-state index in [0.717, 1.165) is 62.6 Å². The fraction of sp³-hybridized carbons (Fsp3) is 0.486. The van der Waals surface area contributed by atoms with Gasteiger partial charge >= 0.3 is 6.01 Å². The van der Waals surface area contributed by atoms with Gasteiger partial charge in [0.2, 0.25) is 12.5 Å². The van der Waals surface area contributed by atoms with Crippen molar-refractivity contribution in [2.45, 2.75) is 50.9 Å². The molecule has 4 aliphatic heterocycles. The summed E-state index contributed by atoms with van der Waals surface area (Å²) < 4.78 is 12.0. The molecule has 4 aliphatic rings. The van der Waals surface area contributed by atoms with Crippen molar-refractivity contribution >= 4 is 28.2 Å². The van der Waals surface area contributed by atoms with Crippen LogP contribution in [0.25, 0.3) is 15.6 Å². The van der Waals surface area contributed by atoms with Crippen LogP contribution in [0.15, 0.2) is 49.1 Å². The quantitative estimate of drug-likeness (QED) is 0.206. The van der Waals surface area contributed by atoms with E-state index in [1.165, 1.54) is 28.1 Å². The van der Waals surface area contributed by atoms with Gasteiger partial charge in [-0.3, -0.25) is 9.69 Å². The van der Waals surface area contributed by atoms with Crippen LogP contribution >= 0.6 is 0 Å². The molecule has 1 amide bonds. The number of rotatable bonds is 9. The zero-order valence-electron chi connectivity index (χ0n) is 26.0. The van der Waals surface area contributed by atoms with E-state index in [0.29, 0.717) is 50.9 Å². The zero-order chi connectivity index (χ0) is 30.9. The molecule has 45 heavy (non-hydrogen) atoms. The maximum atomic E-state index is 12.6. The van der Waals surface area contributed by atoms with Crippen LogP contribution in [-0.2, 0) is 22.5 Å². The van der Waals surface area contributed by atoms with Gasteiger partial charge in [-0.05, 0) is 49.3 Å². The molecule has 7 rings (SSSR count). The molecule has 3 atom stereocenters. The van der Waals surface area contributed by atoms with Crippen molar-refractivity contribution in [2.24, 2.45) is 0 Å². The molecule has 0 spiro atoms. The molecule has 0 saturated carbocycles. The molecular weight excluding hydrogens is 566 g/mol. The smallest absolute Gasteiger partial charge is 0.318 e. The number of aryl methyl sites for hydroxylation is 1. The van der Waals surface area contributed by atoms with Crippen LogP contribution in [0.5, 0.6) is 6.01 Å². The monoisotopic (exact) mass is 607 g/mol. The minimum atomic E-state index is -0.227. The van der Waals surface area contributed by atoms with E-state index in [4.69, 9.17) is 26.0 Å². The van der Waals surface area contributed by atoms with E-state index in [1.807, 2.05) is 0 Å². The van der Waals surface area contributed by atoms with E-state index in [-0.39, 0.29) is 18.5 Å². The number of ether oxygens (including phenoxy) is 2. The Hall–Kier alpha value is -4.20. The van der Waals surface area contributed by atoms with Crippen molar-refractivity contribution in [1.82, 2.24) is 19.8 Å². The number of piperazine rings is 1. The third-order valence-corrected chi connectivity index (χ3v) is 9.83. The van der Waals surface area contributed by atoms with Crippen molar-refractivity contribution in [1.29, 1.82) is 0 Å². The Bertz CT molecular complexity index is 1630. The number of amides is 1. The molecule has 3 fully saturated rings. The maximum Gasteiger partial charge on any atom is 0.318 e. The van der Waals surface area contributed by atoms with Crippen molar-refractivity contribution < 1.29 is 14.3 Å². The molecule has 0 N–H and O–H groups in total. The number of morpholine rings is 1. The molecule has 2 bridgehead atoms. The van der Waals surface area contributed by atoms with Gasteiger partial charge in [0.15, 0.2) is 0 Å². The average molecular weight is 608 g/mol. The van der Waals surface area contributed by atoms with Gasteiger partial charge in [-0.1, -0.05) is 36.9 Å². The average Bonchev–Trinajstić information content (AvgIpc) is 3.70. The topological polar surface area (TPSA) is 78.6 Å². The third-order valence-electron chi connectivity index (χ3n) is 9.83. The van der Waals surface area contributed by atoms with Crippen molar-refractivity contribution in [3.8, 4) is 6.01 Å². The number of hydrogen-bond acceptors (Lipinski definition) is 8. The normalized spacial score (nSPS) is 22.8. The summed E-state index contributed by atoms with van der Waals surface area (Å²) in [6, 6.07) is 13.7. The fourth-order valence-electron chi connectivity index (χ4n) is 7.59. The molecule has 0 aliphatic carbocycles. The van der Waals surface area contributed by atoms with Crippen LogP contribution in [0.2, 0.25) is 0 Å². The first-order valence-electron chi connectivity index (χ1n) is 16.1. The second-order valence-electron chi connectivity index (χ2n) is 12.6. The van der Waals surface area contributed by atoms with Gasteiger partial charge in [0.1, 0.15) is 11.9 Å². The van der Waals surface area contributed by atoms with Gasteiger partial charge in [0.05, 0.1) is 31.6 Å². The Morgan fingerprint density at radius 3 is 2.80 bits per heavy atom. The predicted octanol–water partition coefficient (Wildman–Crippen LogP) is 3.87. The van der Waals surface area contributed by atoms with Gasteiger partial charge in [-0.2, -0.15) is 9.97 Å². The van der Waals surface area contributed by atoms with Crippen LogP contribution in [0.1, 0.15) is 29.7 Å². The van der Waals surface area contributed by atoms with Gasteiger partial charge in [-0.25, -0.2) is 6.57 Å². The van der Waals surface area contributed by atoms with Gasteiger partial charge < -0.3 is 29.0 Å². The lowest BCUT2D eigenvalue weighted by molar-refractivity contribution is -0.128. The Balaban J connectivity index is 1.15. The van der Waals surface area contributed by atoms with E-state index in [1.54, 1.807) is 4.90 Å². The van der Waals surface area contributed by atoms with Crippen molar-refractivity contribution in [3.63, 3.8) is 0 Å². The second kappa shape index (κ2) is 12.7. The van der Waals surface area contributed by atoms with Crippen LogP contribution in [0, 0.1) is 13.5 Å². The lowest BCUT2D eigenvalue weighted by Crippen LogP contribution is -2.56. The van der Waals surface area contributed by atoms with Crippen molar-refractivity contribution in [3.05, 3.63) is 77.3 Å². The van der Waals surface area contributed by atoms with Gasteiger partial charge in [0.25, 0.3) is 0 Å². The molecule has 0 unspecified atom stereocenters.